The van der Waals surface area contributed by atoms with Crippen LogP contribution in [0.3, 0.4) is 0 Å². The van der Waals surface area contributed by atoms with Gasteiger partial charge in [-0.1, -0.05) is 13.3 Å². The molecule has 2 atom stereocenters. The molecule has 0 heterocycles. The molecule has 24 heavy (non-hydrogen) atoms. The minimum absolute atomic E-state index is 0.00253. The molecule has 0 amide bonds. The molecule has 12 heteroatoms. The van der Waals surface area contributed by atoms with Crippen molar-refractivity contribution in [1.82, 2.24) is 0 Å². The van der Waals surface area contributed by atoms with Crippen LogP contribution >= 0.6 is 15.5 Å². The first-order valence-corrected chi connectivity index (χ1v) is 10.7. The Labute approximate surface area is 141 Å². The number of ketones is 2. The molecular formula is C12H26N2O8P2. The van der Waals surface area contributed by atoms with E-state index in [1.165, 1.54) is 0 Å². The highest BCUT2D eigenvalue weighted by molar-refractivity contribution is 7.50. The second-order valence-electron chi connectivity index (χ2n) is 5.63. The van der Waals surface area contributed by atoms with Crippen LogP contribution in [0.15, 0.2) is 0 Å². The summed E-state index contributed by atoms with van der Waals surface area (Å²) in [6.45, 7) is 3.02. The van der Waals surface area contributed by atoms with Crippen molar-refractivity contribution in [3.63, 3.8) is 0 Å². The Morgan fingerprint density at radius 3 is 1.75 bits per heavy atom. The summed E-state index contributed by atoms with van der Waals surface area (Å²) < 4.78 is 31.5. The normalized spacial score (nSPS) is 19.1. The zero-order chi connectivity index (χ0) is 19.0. The predicted octanol–water partition coefficient (Wildman–Crippen LogP) is 1.74. The van der Waals surface area contributed by atoms with E-state index in [0.717, 1.165) is 19.8 Å². The quantitative estimate of drug-likeness (QED) is 0.268. The summed E-state index contributed by atoms with van der Waals surface area (Å²) in [5.74, 6) is -2.45. The van der Waals surface area contributed by atoms with E-state index in [0.29, 0.717) is 6.42 Å². The lowest BCUT2D eigenvalue weighted by molar-refractivity contribution is -0.132. The molecule has 0 aliphatic carbocycles. The third kappa shape index (κ3) is 12.9. The van der Waals surface area contributed by atoms with E-state index in [1.54, 1.807) is 0 Å². The fourth-order valence-electron chi connectivity index (χ4n) is 1.93. The van der Waals surface area contributed by atoms with Gasteiger partial charge in [-0.05, 0) is 13.3 Å². The van der Waals surface area contributed by atoms with Crippen LogP contribution in [-0.2, 0) is 27.8 Å². The highest BCUT2D eigenvalue weighted by Gasteiger charge is 2.38. The Morgan fingerprint density at radius 2 is 1.38 bits per heavy atom. The number of nitrogens with two attached hydrogens (primary N) is 2. The first kappa shape index (κ1) is 23.6. The lowest BCUT2D eigenvalue weighted by Crippen LogP contribution is -2.33. The fraction of sp³-hybridized carbons (Fsp3) is 0.833. The molecule has 0 spiro atoms. The number of unbranched alkanes of at least 4 members (excludes halogenated alkanes) is 1. The lowest BCUT2D eigenvalue weighted by atomic mass is 10.0. The van der Waals surface area contributed by atoms with Crippen molar-refractivity contribution in [3.05, 3.63) is 0 Å². The van der Waals surface area contributed by atoms with Crippen molar-refractivity contribution in [1.29, 1.82) is 0 Å². The molecule has 2 unspecified atom stereocenters. The third-order valence-corrected chi connectivity index (χ3v) is 4.29. The van der Waals surface area contributed by atoms with Crippen molar-refractivity contribution in [2.75, 3.05) is 0 Å². The van der Waals surface area contributed by atoms with Gasteiger partial charge in [0, 0.05) is 32.1 Å². The Kier molecular flexibility index (Phi) is 9.71. The molecule has 0 fully saturated rings. The van der Waals surface area contributed by atoms with Crippen LogP contribution in [0.2, 0.25) is 0 Å². The highest BCUT2D eigenvalue weighted by atomic mass is 31.2. The van der Waals surface area contributed by atoms with Crippen LogP contribution < -0.4 is 11.0 Å². The van der Waals surface area contributed by atoms with Crippen molar-refractivity contribution < 1.29 is 37.6 Å². The van der Waals surface area contributed by atoms with Crippen molar-refractivity contribution in [2.45, 2.75) is 64.6 Å². The summed E-state index contributed by atoms with van der Waals surface area (Å²) in [5, 5.41) is 0. The van der Waals surface area contributed by atoms with Crippen LogP contribution in [0.5, 0.6) is 0 Å². The minimum Gasteiger partial charge on any atom is -0.313 e. The van der Waals surface area contributed by atoms with Crippen LogP contribution in [0.1, 0.15) is 58.8 Å². The Morgan fingerprint density at radius 1 is 0.958 bits per heavy atom. The minimum atomic E-state index is -4.56. The smallest absolute Gasteiger partial charge is 0.313 e. The monoisotopic (exact) mass is 388 g/mol. The standard InChI is InChI=1S/C12H26N2O8P2/c1-3-4-5-10(15)6-7-11(16)8-9-12(2,21-23(13,17)18)22-24(14,19)20/h3-9H2,1-2H3,(H3,13,17,18)(H3,14,19,20). The topological polar surface area (TPSA) is 179 Å². The van der Waals surface area contributed by atoms with Gasteiger partial charge in [-0.25, -0.2) is 20.1 Å². The molecule has 10 nitrogen and oxygen atoms in total. The SMILES string of the molecule is CCCCC(=O)CCC(=O)CCC(C)(OP(N)(=O)O)OP(N)(=O)O. The van der Waals surface area contributed by atoms with Gasteiger partial charge in [0.05, 0.1) is 0 Å². The number of Topliss-reactive ketones (excluding diaryl/α,β-unsaturated/α-hetero) is 2. The fourth-order valence-corrected chi connectivity index (χ4v) is 3.35. The van der Waals surface area contributed by atoms with E-state index < -0.39 is 21.3 Å². The van der Waals surface area contributed by atoms with Crippen LogP contribution in [-0.4, -0.2) is 27.1 Å². The van der Waals surface area contributed by atoms with Gasteiger partial charge in [-0.2, -0.15) is 0 Å². The molecule has 142 valence electrons. The first-order chi connectivity index (χ1) is 10.8. The summed E-state index contributed by atoms with van der Waals surface area (Å²) in [4.78, 5) is 41.4. The van der Waals surface area contributed by atoms with Gasteiger partial charge in [0.25, 0.3) is 0 Å². The molecule has 0 aromatic heterocycles. The lowest BCUT2D eigenvalue weighted by Gasteiger charge is -2.30. The van der Waals surface area contributed by atoms with Gasteiger partial charge in [0.15, 0.2) is 5.79 Å². The number of rotatable bonds is 13. The average molecular weight is 388 g/mol. The van der Waals surface area contributed by atoms with Gasteiger partial charge < -0.3 is 9.79 Å². The Bertz CT molecular complexity index is 503. The largest absolute Gasteiger partial charge is 0.402 e. The maximum Gasteiger partial charge on any atom is 0.402 e. The predicted molar refractivity (Wildman–Crippen MR) is 86.6 cm³/mol. The van der Waals surface area contributed by atoms with Crippen molar-refractivity contribution in [2.24, 2.45) is 11.0 Å². The summed E-state index contributed by atoms with van der Waals surface area (Å²) in [6, 6.07) is 0. The Hall–Kier alpha value is -0.440. The van der Waals surface area contributed by atoms with E-state index in [1.807, 2.05) is 6.92 Å². The number of hydrogen-bond donors (Lipinski definition) is 4. The molecule has 0 radical (unpaired) electrons. The van der Waals surface area contributed by atoms with E-state index in [-0.39, 0.29) is 37.2 Å². The molecular weight excluding hydrogens is 362 g/mol. The first-order valence-electron chi connectivity index (χ1n) is 7.44. The van der Waals surface area contributed by atoms with E-state index in [2.05, 4.69) is 9.05 Å². The van der Waals surface area contributed by atoms with Gasteiger partial charge in [0.1, 0.15) is 11.6 Å². The molecule has 0 saturated carbocycles. The molecule has 0 saturated heterocycles. The highest BCUT2D eigenvalue weighted by Crippen LogP contribution is 2.47. The van der Waals surface area contributed by atoms with E-state index in [9.17, 15) is 18.7 Å². The van der Waals surface area contributed by atoms with Gasteiger partial charge in [-0.3, -0.25) is 18.6 Å². The second kappa shape index (κ2) is 9.89. The molecule has 0 aromatic carbocycles. The van der Waals surface area contributed by atoms with Crippen LogP contribution in [0, 0.1) is 0 Å². The van der Waals surface area contributed by atoms with Crippen molar-refractivity contribution >= 4 is 27.1 Å². The third-order valence-electron chi connectivity index (χ3n) is 3.00. The summed E-state index contributed by atoms with van der Waals surface area (Å²) in [6.07, 6.45) is 1.61. The Balaban J connectivity index is 4.60. The number of hydrogen-bond acceptors (Lipinski definition) is 6. The number of carbonyl (C=O) groups is 2. The molecule has 0 rings (SSSR count). The zero-order valence-electron chi connectivity index (χ0n) is 13.8. The molecule has 6 N–H and O–H groups in total. The number of carbonyl (C=O) groups excluding carboxylic acids is 2. The van der Waals surface area contributed by atoms with Crippen molar-refractivity contribution in [3.8, 4) is 0 Å². The molecule has 0 aliphatic rings. The second-order valence-corrected chi connectivity index (χ2v) is 8.25. The zero-order valence-corrected chi connectivity index (χ0v) is 15.6. The van der Waals surface area contributed by atoms with E-state index >= 15 is 0 Å². The van der Waals surface area contributed by atoms with E-state index in [4.69, 9.17) is 20.8 Å². The molecule has 0 aromatic rings. The van der Waals surface area contributed by atoms with Gasteiger partial charge in [-0.15, -0.1) is 0 Å². The maximum absolute atomic E-state index is 11.8. The van der Waals surface area contributed by atoms with Gasteiger partial charge >= 0.3 is 15.5 Å². The molecule has 0 bridgehead atoms. The summed E-state index contributed by atoms with van der Waals surface area (Å²) >= 11 is 0. The summed E-state index contributed by atoms with van der Waals surface area (Å²) in [5.41, 5.74) is 9.72. The maximum atomic E-state index is 11.8. The average Bonchev–Trinajstić information content (AvgIpc) is 2.36. The molecule has 0 aliphatic heterocycles. The summed E-state index contributed by atoms with van der Waals surface area (Å²) in [7, 11) is -9.11. The van der Waals surface area contributed by atoms with Crippen LogP contribution in [0.4, 0.5) is 0 Å². The van der Waals surface area contributed by atoms with Crippen LogP contribution in [0.25, 0.3) is 0 Å². The van der Waals surface area contributed by atoms with Gasteiger partial charge in [0.2, 0.25) is 0 Å².